The summed E-state index contributed by atoms with van der Waals surface area (Å²) in [5.41, 5.74) is 1.91. The molecule has 0 radical (unpaired) electrons. The highest BCUT2D eigenvalue weighted by atomic mass is 16.1. The molecule has 1 amide bonds. The lowest BCUT2D eigenvalue weighted by Crippen LogP contribution is -2.25. The minimum atomic E-state index is -0.0530. The van der Waals surface area contributed by atoms with Crippen molar-refractivity contribution in [1.29, 1.82) is 0 Å². The van der Waals surface area contributed by atoms with Gasteiger partial charge in [-0.15, -0.1) is 0 Å². The molecule has 1 N–H and O–H groups in total. The number of hydrogen-bond donors (Lipinski definition) is 1. The van der Waals surface area contributed by atoms with Gasteiger partial charge in [0.05, 0.1) is 30.3 Å². The van der Waals surface area contributed by atoms with Crippen molar-refractivity contribution in [3.8, 4) is 0 Å². The van der Waals surface area contributed by atoms with Gasteiger partial charge in [-0.1, -0.05) is 0 Å². The molecule has 2 aromatic rings. The van der Waals surface area contributed by atoms with Crippen LogP contribution in [0.5, 0.6) is 0 Å². The summed E-state index contributed by atoms with van der Waals surface area (Å²) in [5.74, 6) is 0.782. The Balaban J connectivity index is 1.71. The third kappa shape index (κ3) is 3.92. The molecule has 0 bridgehead atoms. The highest BCUT2D eigenvalue weighted by Crippen LogP contribution is 2.30. The topological polar surface area (TPSA) is 75.9 Å². The van der Waals surface area contributed by atoms with Crippen LogP contribution in [0, 0.1) is 0 Å². The average molecular weight is 314 g/mol. The number of aryl methyl sites for hydroxylation is 1. The summed E-state index contributed by atoms with van der Waals surface area (Å²) in [5, 5.41) is 2.78. The lowest BCUT2D eigenvalue weighted by molar-refractivity contribution is -0.119. The summed E-state index contributed by atoms with van der Waals surface area (Å²) in [6.45, 7) is 3.79. The van der Waals surface area contributed by atoms with Crippen LogP contribution >= 0.6 is 0 Å². The summed E-state index contributed by atoms with van der Waals surface area (Å²) >= 11 is 0. The highest BCUT2D eigenvalue weighted by molar-refractivity contribution is 5.72. The number of nitrogens with zero attached hydrogens (tertiary/aromatic N) is 5. The van der Waals surface area contributed by atoms with Crippen molar-refractivity contribution in [1.82, 2.24) is 29.7 Å². The zero-order chi connectivity index (χ0) is 16.2. The van der Waals surface area contributed by atoms with Gasteiger partial charge in [0.15, 0.2) is 0 Å². The number of carbonyl (C=O) groups is 1. The lowest BCUT2D eigenvalue weighted by Gasteiger charge is -2.22. The molecule has 3 heterocycles. The number of hydrogen-bond acceptors (Lipinski definition) is 5. The molecule has 1 aliphatic heterocycles. The predicted octanol–water partition coefficient (Wildman–Crippen LogP) is 1.18. The molecule has 0 spiro atoms. The van der Waals surface area contributed by atoms with E-state index in [2.05, 4.69) is 25.2 Å². The molecule has 1 atom stereocenters. The van der Waals surface area contributed by atoms with Gasteiger partial charge in [-0.2, -0.15) is 0 Å². The summed E-state index contributed by atoms with van der Waals surface area (Å²) in [4.78, 5) is 26.9. The Labute approximate surface area is 135 Å². The molecule has 0 aliphatic carbocycles. The Morgan fingerprint density at radius 2 is 2.26 bits per heavy atom. The van der Waals surface area contributed by atoms with Crippen molar-refractivity contribution in [2.45, 2.75) is 38.9 Å². The number of amides is 1. The van der Waals surface area contributed by atoms with Crippen LogP contribution < -0.4 is 5.32 Å². The summed E-state index contributed by atoms with van der Waals surface area (Å²) < 4.78 is 1.96. The van der Waals surface area contributed by atoms with Crippen molar-refractivity contribution < 1.29 is 4.79 Å². The lowest BCUT2D eigenvalue weighted by atomic mass is 10.2. The van der Waals surface area contributed by atoms with Crippen LogP contribution in [0.4, 0.5) is 0 Å². The van der Waals surface area contributed by atoms with Gasteiger partial charge in [-0.3, -0.25) is 9.69 Å². The number of carbonyl (C=O) groups excluding carboxylic acids is 1. The van der Waals surface area contributed by atoms with E-state index < -0.39 is 0 Å². The third-order valence-corrected chi connectivity index (χ3v) is 4.04. The van der Waals surface area contributed by atoms with E-state index >= 15 is 0 Å². The summed E-state index contributed by atoms with van der Waals surface area (Å²) in [6, 6.07) is 2.06. The summed E-state index contributed by atoms with van der Waals surface area (Å²) in [6.07, 6.45) is 7.83. The molecule has 7 heteroatoms. The van der Waals surface area contributed by atoms with E-state index in [1.807, 2.05) is 30.2 Å². The predicted molar refractivity (Wildman–Crippen MR) is 85.1 cm³/mol. The molecule has 1 fully saturated rings. The zero-order valence-electron chi connectivity index (χ0n) is 13.6. The molecule has 1 aliphatic rings. The first kappa shape index (κ1) is 15.6. The molecule has 2 aromatic heterocycles. The van der Waals surface area contributed by atoms with E-state index in [0.717, 1.165) is 43.1 Å². The Bertz CT molecular complexity index is 683. The second-order valence-electron chi connectivity index (χ2n) is 5.97. The van der Waals surface area contributed by atoms with Gasteiger partial charge in [-0.05, 0) is 25.5 Å². The Morgan fingerprint density at radius 3 is 3.00 bits per heavy atom. The first-order valence-electron chi connectivity index (χ1n) is 7.89. The van der Waals surface area contributed by atoms with E-state index in [1.165, 1.54) is 6.92 Å². The Hall–Kier alpha value is -2.28. The maximum Gasteiger partial charge on any atom is 0.217 e. The van der Waals surface area contributed by atoms with Crippen LogP contribution in [-0.4, -0.2) is 36.9 Å². The van der Waals surface area contributed by atoms with Crippen molar-refractivity contribution in [2.75, 3.05) is 6.54 Å². The second-order valence-corrected chi connectivity index (χ2v) is 5.97. The monoisotopic (exact) mass is 314 g/mol. The number of likely N-dealkylation sites (tertiary alicyclic amines) is 1. The van der Waals surface area contributed by atoms with Crippen LogP contribution in [0.1, 0.15) is 43.0 Å². The van der Waals surface area contributed by atoms with Crippen LogP contribution in [0.15, 0.2) is 24.8 Å². The SMILES string of the molecule is CC(=O)NCc1ccnc([C@H]2CCCN2Cc2cn(C)cn2)n1. The molecular weight excluding hydrogens is 292 g/mol. The fourth-order valence-electron chi connectivity index (χ4n) is 2.95. The van der Waals surface area contributed by atoms with Crippen LogP contribution in [0.3, 0.4) is 0 Å². The third-order valence-electron chi connectivity index (χ3n) is 4.04. The zero-order valence-corrected chi connectivity index (χ0v) is 13.6. The van der Waals surface area contributed by atoms with Gasteiger partial charge < -0.3 is 9.88 Å². The second kappa shape index (κ2) is 6.87. The molecular formula is C16H22N6O. The van der Waals surface area contributed by atoms with Gasteiger partial charge in [0.2, 0.25) is 5.91 Å². The molecule has 1 saturated heterocycles. The maximum atomic E-state index is 11.0. The van der Waals surface area contributed by atoms with E-state index in [-0.39, 0.29) is 11.9 Å². The van der Waals surface area contributed by atoms with Crippen molar-refractivity contribution >= 4 is 5.91 Å². The fraction of sp³-hybridized carbons (Fsp3) is 0.500. The van der Waals surface area contributed by atoms with Gasteiger partial charge in [0.25, 0.3) is 0 Å². The smallest absolute Gasteiger partial charge is 0.217 e. The minimum Gasteiger partial charge on any atom is -0.351 e. The molecule has 0 aromatic carbocycles. The number of aromatic nitrogens is 4. The molecule has 3 rings (SSSR count). The van der Waals surface area contributed by atoms with Crippen molar-refractivity contribution in [3.05, 3.63) is 42.0 Å². The van der Waals surface area contributed by atoms with Gasteiger partial charge in [0.1, 0.15) is 5.82 Å². The first-order chi connectivity index (χ1) is 11.1. The average Bonchev–Trinajstić information content (AvgIpc) is 3.15. The standard InChI is InChI=1S/C16H22N6O/c1-12(23)18-8-13-5-6-17-16(20-13)15-4-3-7-22(15)10-14-9-21(2)11-19-14/h5-6,9,11,15H,3-4,7-8,10H2,1-2H3,(H,18,23)/t15-/m1/s1. The Kier molecular flexibility index (Phi) is 4.66. The van der Waals surface area contributed by atoms with Crippen LogP contribution in [0.25, 0.3) is 0 Å². The highest BCUT2D eigenvalue weighted by Gasteiger charge is 2.28. The molecule has 0 saturated carbocycles. The van der Waals surface area contributed by atoms with Crippen LogP contribution in [-0.2, 0) is 24.9 Å². The van der Waals surface area contributed by atoms with E-state index in [9.17, 15) is 4.79 Å². The quantitative estimate of drug-likeness (QED) is 0.897. The molecule has 7 nitrogen and oxygen atoms in total. The Morgan fingerprint density at radius 1 is 1.39 bits per heavy atom. The van der Waals surface area contributed by atoms with Gasteiger partial charge in [-0.25, -0.2) is 15.0 Å². The number of nitrogens with one attached hydrogen (secondary N) is 1. The van der Waals surface area contributed by atoms with E-state index in [1.54, 1.807) is 6.20 Å². The maximum absolute atomic E-state index is 11.0. The van der Waals surface area contributed by atoms with E-state index in [0.29, 0.717) is 6.54 Å². The van der Waals surface area contributed by atoms with Crippen molar-refractivity contribution in [3.63, 3.8) is 0 Å². The molecule has 122 valence electrons. The fourth-order valence-corrected chi connectivity index (χ4v) is 2.95. The van der Waals surface area contributed by atoms with Gasteiger partial charge in [0, 0.05) is 32.9 Å². The molecule has 23 heavy (non-hydrogen) atoms. The van der Waals surface area contributed by atoms with Gasteiger partial charge >= 0.3 is 0 Å². The first-order valence-corrected chi connectivity index (χ1v) is 7.89. The minimum absolute atomic E-state index is 0.0530. The van der Waals surface area contributed by atoms with Crippen LogP contribution in [0.2, 0.25) is 0 Å². The summed E-state index contributed by atoms with van der Waals surface area (Å²) in [7, 11) is 1.98. The van der Waals surface area contributed by atoms with Crippen molar-refractivity contribution in [2.24, 2.45) is 7.05 Å². The number of imidazole rings is 1. The normalized spacial score (nSPS) is 18.3. The number of rotatable bonds is 5. The largest absolute Gasteiger partial charge is 0.351 e. The molecule has 0 unspecified atom stereocenters. The van der Waals surface area contributed by atoms with E-state index in [4.69, 9.17) is 0 Å².